The van der Waals surface area contributed by atoms with Gasteiger partial charge in [0, 0.05) is 24.8 Å². The van der Waals surface area contributed by atoms with Crippen molar-refractivity contribution in [1.29, 1.82) is 0 Å². The Hall–Kier alpha value is -2.38. The van der Waals surface area contributed by atoms with Gasteiger partial charge in [0.25, 0.3) is 0 Å². The van der Waals surface area contributed by atoms with Crippen molar-refractivity contribution in [2.24, 2.45) is 5.92 Å². The summed E-state index contributed by atoms with van der Waals surface area (Å²) in [5.41, 5.74) is 2.39. The third-order valence-corrected chi connectivity index (χ3v) is 6.88. The Morgan fingerprint density at radius 1 is 1.21 bits per heavy atom. The predicted molar refractivity (Wildman–Crippen MR) is 110 cm³/mol. The number of nitrogens with one attached hydrogen (secondary N) is 1. The highest BCUT2D eigenvalue weighted by Crippen LogP contribution is 2.24. The third-order valence-electron chi connectivity index (χ3n) is 5.08. The van der Waals surface area contributed by atoms with Gasteiger partial charge in [0.15, 0.2) is 0 Å². The number of benzene rings is 2. The van der Waals surface area contributed by atoms with E-state index in [-0.39, 0.29) is 24.1 Å². The van der Waals surface area contributed by atoms with Crippen LogP contribution in [0.25, 0.3) is 0 Å². The molecule has 6 nitrogen and oxygen atoms in total. The van der Waals surface area contributed by atoms with E-state index in [4.69, 9.17) is 4.74 Å². The van der Waals surface area contributed by atoms with Crippen LogP contribution < -0.4 is 10.1 Å². The maximum Gasteiger partial charge on any atom is 0.228 e. The summed E-state index contributed by atoms with van der Waals surface area (Å²) in [6, 6.07) is 14.6. The second-order valence-electron chi connectivity index (χ2n) is 7.10. The monoisotopic (exact) mass is 402 g/mol. The summed E-state index contributed by atoms with van der Waals surface area (Å²) in [6.07, 6.45) is 1.34. The lowest BCUT2D eigenvalue weighted by atomic mass is 9.98. The van der Waals surface area contributed by atoms with Crippen molar-refractivity contribution in [2.45, 2.75) is 25.5 Å². The molecule has 2 aromatic carbocycles. The molecule has 0 aliphatic carbocycles. The molecule has 1 atom stereocenters. The molecule has 1 N–H and O–H groups in total. The van der Waals surface area contributed by atoms with E-state index in [9.17, 15) is 13.2 Å². The quantitative estimate of drug-likeness (QED) is 0.805. The van der Waals surface area contributed by atoms with Crippen molar-refractivity contribution in [1.82, 2.24) is 4.31 Å². The lowest BCUT2D eigenvalue weighted by Crippen LogP contribution is -2.44. The second kappa shape index (κ2) is 8.75. The summed E-state index contributed by atoms with van der Waals surface area (Å²) in [5, 5.41) is 2.88. The van der Waals surface area contributed by atoms with E-state index < -0.39 is 10.0 Å². The van der Waals surface area contributed by atoms with Crippen LogP contribution in [-0.2, 0) is 20.6 Å². The summed E-state index contributed by atoms with van der Waals surface area (Å²) >= 11 is 0. The molecule has 2 aromatic rings. The third kappa shape index (κ3) is 4.91. The number of rotatable bonds is 6. The van der Waals surface area contributed by atoms with Crippen LogP contribution in [0.15, 0.2) is 48.5 Å². The number of nitrogens with zero attached hydrogens (tertiary/aromatic N) is 1. The molecule has 7 heteroatoms. The normalized spacial score (nSPS) is 17.9. The van der Waals surface area contributed by atoms with Gasteiger partial charge in [-0.15, -0.1) is 0 Å². The summed E-state index contributed by atoms with van der Waals surface area (Å²) < 4.78 is 32.4. The van der Waals surface area contributed by atoms with Crippen LogP contribution in [0.2, 0.25) is 0 Å². The number of piperidine rings is 1. The van der Waals surface area contributed by atoms with E-state index in [1.807, 2.05) is 31.2 Å². The van der Waals surface area contributed by atoms with Crippen LogP contribution in [0, 0.1) is 12.8 Å². The van der Waals surface area contributed by atoms with Gasteiger partial charge in [-0.2, -0.15) is 0 Å². The molecule has 28 heavy (non-hydrogen) atoms. The van der Waals surface area contributed by atoms with Crippen LogP contribution in [0.1, 0.15) is 24.0 Å². The number of aryl methyl sites for hydroxylation is 1. The number of sulfonamides is 1. The van der Waals surface area contributed by atoms with E-state index in [1.54, 1.807) is 31.4 Å². The minimum atomic E-state index is -3.48. The Kier molecular flexibility index (Phi) is 6.36. The van der Waals surface area contributed by atoms with Gasteiger partial charge in [0.05, 0.1) is 18.8 Å². The highest BCUT2D eigenvalue weighted by atomic mass is 32.2. The van der Waals surface area contributed by atoms with Crippen LogP contribution >= 0.6 is 0 Å². The number of carbonyl (C=O) groups is 1. The number of hydrogen-bond acceptors (Lipinski definition) is 4. The van der Waals surface area contributed by atoms with Crippen molar-refractivity contribution in [3.8, 4) is 5.75 Å². The molecule has 0 unspecified atom stereocenters. The minimum absolute atomic E-state index is 0.0378. The van der Waals surface area contributed by atoms with Gasteiger partial charge in [0.2, 0.25) is 15.9 Å². The molecule has 1 aliphatic rings. The molecular formula is C21H26N2O4S. The molecule has 1 fully saturated rings. The van der Waals surface area contributed by atoms with Crippen LogP contribution in [0.4, 0.5) is 5.69 Å². The number of anilines is 1. The number of ether oxygens (including phenoxy) is 1. The topological polar surface area (TPSA) is 75.7 Å². The first-order chi connectivity index (χ1) is 13.4. The fourth-order valence-corrected chi connectivity index (χ4v) is 5.13. The minimum Gasteiger partial charge on any atom is -0.497 e. The molecule has 0 aromatic heterocycles. The summed E-state index contributed by atoms with van der Waals surface area (Å²) in [5.74, 6) is 0.0868. The van der Waals surface area contributed by atoms with Gasteiger partial charge in [-0.1, -0.05) is 30.3 Å². The molecule has 1 aliphatic heterocycles. The first-order valence-electron chi connectivity index (χ1n) is 9.36. The van der Waals surface area contributed by atoms with E-state index in [0.717, 1.165) is 11.1 Å². The summed E-state index contributed by atoms with van der Waals surface area (Å²) in [4.78, 5) is 12.7. The highest BCUT2D eigenvalue weighted by Gasteiger charge is 2.32. The molecule has 0 radical (unpaired) electrons. The van der Waals surface area contributed by atoms with E-state index >= 15 is 0 Å². The number of amides is 1. The lowest BCUT2D eigenvalue weighted by Gasteiger charge is -2.31. The van der Waals surface area contributed by atoms with Gasteiger partial charge in [-0.05, 0) is 43.0 Å². The maximum absolute atomic E-state index is 12.9. The SMILES string of the molecule is COc1cccc(NC(=O)[C@@H]2CCCN(S(=O)(=O)Cc3ccccc3C)C2)c1. The molecular weight excluding hydrogens is 376 g/mol. The standard InChI is InChI=1S/C21H26N2O4S/c1-16-7-3-4-8-18(16)15-28(25,26)23-12-6-9-17(14-23)21(24)22-19-10-5-11-20(13-19)27-2/h3-5,7-8,10-11,13,17H,6,9,12,14-15H2,1-2H3,(H,22,24)/t17-/m1/s1. The molecule has 150 valence electrons. The van der Waals surface area contributed by atoms with Gasteiger partial charge in [-0.25, -0.2) is 12.7 Å². The molecule has 1 amide bonds. The molecule has 1 heterocycles. The average molecular weight is 403 g/mol. The number of methoxy groups -OCH3 is 1. The highest BCUT2D eigenvalue weighted by molar-refractivity contribution is 7.88. The second-order valence-corrected chi connectivity index (χ2v) is 9.07. The van der Waals surface area contributed by atoms with E-state index in [2.05, 4.69) is 5.32 Å². The van der Waals surface area contributed by atoms with Gasteiger partial charge < -0.3 is 10.1 Å². The smallest absolute Gasteiger partial charge is 0.228 e. The zero-order valence-corrected chi connectivity index (χ0v) is 17.0. The Balaban J connectivity index is 1.67. The predicted octanol–water partition coefficient (Wildman–Crippen LogP) is 3.18. The van der Waals surface area contributed by atoms with Gasteiger partial charge in [0.1, 0.15) is 5.75 Å². The molecule has 0 bridgehead atoms. The number of carbonyl (C=O) groups excluding carboxylic acids is 1. The fourth-order valence-electron chi connectivity index (χ4n) is 3.41. The average Bonchev–Trinajstić information content (AvgIpc) is 2.70. The van der Waals surface area contributed by atoms with Crippen LogP contribution in [-0.4, -0.2) is 38.8 Å². The Morgan fingerprint density at radius 2 is 2.00 bits per heavy atom. The first-order valence-corrected chi connectivity index (χ1v) is 11.0. The van der Waals surface area contributed by atoms with Gasteiger partial charge >= 0.3 is 0 Å². The van der Waals surface area contributed by atoms with Crippen molar-refractivity contribution >= 4 is 21.6 Å². The lowest BCUT2D eigenvalue weighted by molar-refractivity contribution is -0.120. The molecule has 1 saturated heterocycles. The van der Waals surface area contributed by atoms with E-state index in [0.29, 0.717) is 30.8 Å². The zero-order chi connectivity index (χ0) is 20.1. The van der Waals surface area contributed by atoms with Crippen LogP contribution in [0.5, 0.6) is 5.75 Å². The molecule has 3 rings (SSSR count). The molecule has 0 saturated carbocycles. The first kappa shape index (κ1) is 20.4. The largest absolute Gasteiger partial charge is 0.497 e. The van der Waals surface area contributed by atoms with Crippen molar-refractivity contribution in [3.63, 3.8) is 0 Å². The van der Waals surface area contributed by atoms with Crippen molar-refractivity contribution < 1.29 is 17.9 Å². The van der Waals surface area contributed by atoms with Crippen LogP contribution in [0.3, 0.4) is 0 Å². The van der Waals surface area contributed by atoms with Crippen molar-refractivity contribution in [3.05, 3.63) is 59.7 Å². The van der Waals surface area contributed by atoms with Crippen molar-refractivity contribution in [2.75, 3.05) is 25.5 Å². The Labute approximate surface area is 166 Å². The number of hydrogen-bond donors (Lipinski definition) is 1. The Bertz CT molecular complexity index is 943. The maximum atomic E-state index is 12.9. The molecule has 0 spiro atoms. The summed E-state index contributed by atoms with van der Waals surface area (Å²) in [6.45, 7) is 2.58. The Morgan fingerprint density at radius 3 is 2.75 bits per heavy atom. The zero-order valence-electron chi connectivity index (χ0n) is 16.2. The fraction of sp³-hybridized carbons (Fsp3) is 0.381. The van der Waals surface area contributed by atoms with E-state index in [1.165, 1.54) is 4.31 Å². The van der Waals surface area contributed by atoms with Gasteiger partial charge in [-0.3, -0.25) is 4.79 Å². The summed E-state index contributed by atoms with van der Waals surface area (Å²) in [7, 11) is -1.91.